The molecule has 0 unspecified atom stereocenters. The first-order chi connectivity index (χ1) is 10.0. The molecule has 0 aliphatic heterocycles. The van der Waals surface area contributed by atoms with E-state index in [1.807, 2.05) is 6.92 Å². The van der Waals surface area contributed by atoms with Crippen molar-refractivity contribution in [1.82, 2.24) is 4.90 Å². The van der Waals surface area contributed by atoms with Crippen molar-refractivity contribution < 1.29 is 9.52 Å². The van der Waals surface area contributed by atoms with Crippen molar-refractivity contribution in [2.24, 2.45) is 0 Å². The Morgan fingerprint density at radius 3 is 2.36 bits per heavy atom. The molecule has 1 aromatic heterocycles. The number of halogens is 1. The lowest BCUT2D eigenvalue weighted by Crippen LogP contribution is -2.22. The van der Waals surface area contributed by atoms with Crippen LogP contribution in [0.1, 0.15) is 37.7 Å². The van der Waals surface area contributed by atoms with Crippen molar-refractivity contribution >= 4 is 23.4 Å². The Kier molecular flexibility index (Phi) is 6.45. The molecule has 122 valence electrons. The van der Waals surface area contributed by atoms with Crippen LogP contribution in [0.25, 0.3) is 11.0 Å². The number of nitrogens with zero attached hydrogens (tertiary/aromatic N) is 1. The Bertz CT molecular complexity index is 705. The predicted octanol–water partition coefficient (Wildman–Crippen LogP) is 3.63. The van der Waals surface area contributed by atoms with E-state index in [2.05, 4.69) is 18.7 Å². The Labute approximate surface area is 137 Å². The molecular weight excluding hydrogens is 302 g/mol. The third kappa shape index (κ3) is 3.28. The summed E-state index contributed by atoms with van der Waals surface area (Å²) in [4.78, 5) is 14.6. The van der Waals surface area contributed by atoms with Gasteiger partial charge in [-0.15, -0.1) is 12.4 Å². The first kappa shape index (κ1) is 18.5. The molecule has 1 N–H and O–H groups in total. The van der Waals surface area contributed by atoms with Gasteiger partial charge in [-0.2, -0.15) is 0 Å². The summed E-state index contributed by atoms with van der Waals surface area (Å²) in [6.45, 7) is 10.2. The molecule has 4 nitrogen and oxygen atoms in total. The van der Waals surface area contributed by atoms with E-state index in [1.54, 1.807) is 19.1 Å². The fourth-order valence-corrected chi connectivity index (χ4v) is 2.60. The third-order valence-electron chi connectivity index (χ3n) is 4.06. The number of phenolic OH excluding ortho intramolecular Hbond substituents is 1. The van der Waals surface area contributed by atoms with Crippen LogP contribution in [0.4, 0.5) is 0 Å². The average Bonchev–Trinajstić information content (AvgIpc) is 2.50. The van der Waals surface area contributed by atoms with Gasteiger partial charge in [0.1, 0.15) is 17.1 Å². The number of fused-ring (bicyclic) bond motifs is 1. The highest BCUT2D eigenvalue weighted by Gasteiger charge is 2.17. The highest BCUT2D eigenvalue weighted by molar-refractivity contribution is 5.85. The van der Waals surface area contributed by atoms with Gasteiger partial charge in [0.25, 0.3) is 0 Å². The second kappa shape index (κ2) is 7.65. The normalized spacial score (nSPS) is 11.0. The fourth-order valence-electron chi connectivity index (χ4n) is 2.60. The topological polar surface area (TPSA) is 53.7 Å². The van der Waals surface area contributed by atoms with Gasteiger partial charge < -0.3 is 9.52 Å². The average molecular weight is 326 g/mol. The Morgan fingerprint density at radius 1 is 1.18 bits per heavy atom. The smallest absolute Gasteiger partial charge is 0.195 e. The summed E-state index contributed by atoms with van der Waals surface area (Å²) in [6.07, 6.45) is 0.664. The summed E-state index contributed by atoms with van der Waals surface area (Å²) in [5, 5.41) is 10.7. The second-order valence-electron chi connectivity index (χ2n) is 5.23. The zero-order valence-electron chi connectivity index (χ0n) is 13.6. The monoisotopic (exact) mass is 325 g/mol. The van der Waals surface area contributed by atoms with Gasteiger partial charge >= 0.3 is 0 Å². The minimum absolute atomic E-state index is 0. The van der Waals surface area contributed by atoms with Gasteiger partial charge in [0.05, 0.1) is 10.9 Å². The van der Waals surface area contributed by atoms with Crippen LogP contribution in [0.3, 0.4) is 0 Å². The van der Waals surface area contributed by atoms with E-state index in [0.717, 1.165) is 13.1 Å². The summed E-state index contributed by atoms with van der Waals surface area (Å²) in [6, 6.07) is 3.23. The highest BCUT2D eigenvalue weighted by Crippen LogP contribution is 2.28. The van der Waals surface area contributed by atoms with Gasteiger partial charge in [0.15, 0.2) is 5.43 Å². The van der Waals surface area contributed by atoms with Crippen LogP contribution in [-0.4, -0.2) is 23.1 Å². The maximum absolute atomic E-state index is 12.4. The van der Waals surface area contributed by atoms with E-state index in [9.17, 15) is 9.90 Å². The van der Waals surface area contributed by atoms with Crippen molar-refractivity contribution in [3.8, 4) is 5.75 Å². The molecule has 0 amide bonds. The molecule has 1 heterocycles. The summed E-state index contributed by atoms with van der Waals surface area (Å²) in [5.74, 6) is 0.877. The van der Waals surface area contributed by atoms with Gasteiger partial charge in [-0.3, -0.25) is 9.69 Å². The second-order valence-corrected chi connectivity index (χ2v) is 5.23. The van der Waals surface area contributed by atoms with Crippen LogP contribution < -0.4 is 5.43 Å². The van der Waals surface area contributed by atoms with Gasteiger partial charge in [-0.1, -0.05) is 20.8 Å². The molecule has 1 aromatic carbocycles. The zero-order valence-corrected chi connectivity index (χ0v) is 14.4. The van der Waals surface area contributed by atoms with Crippen LogP contribution in [0.2, 0.25) is 0 Å². The molecule has 0 spiro atoms. The molecule has 0 atom stereocenters. The highest BCUT2D eigenvalue weighted by atomic mass is 35.5. The van der Waals surface area contributed by atoms with Crippen molar-refractivity contribution in [3.05, 3.63) is 39.2 Å². The van der Waals surface area contributed by atoms with Crippen LogP contribution in [-0.2, 0) is 13.0 Å². The predicted molar refractivity (Wildman–Crippen MR) is 92.1 cm³/mol. The summed E-state index contributed by atoms with van der Waals surface area (Å²) in [7, 11) is 0. The minimum atomic E-state index is -0.00565. The lowest BCUT2D eigenvalue weighted by molar-refractivity contribution is 0.290. The van der Waals surface area contributed by atoms with Crippen molar-refractivity contribution in [1.29, 1.82) is 0 Å². The molecular formula is C17H24ClNO3. The number of aromatic hydroxyl groups is 1. The van der Waals surface area contributed by atoms with E-state index < -0.39 is 0 Å². The molecule has 0 saturated carbocycles. The fraction of sp³-hybridized carbons (Fsp3) is 0.471. The number of benzene rings is 1. The zero-order chi connectivity index (χ0) is 15.6. The Balaban J connectivity index is 0.00000242. The van der Waals surface area contributed by atoms with Crippen LogP contribution in [0.5, 0.6) is 5.75 Å². The van der Waals surface area contributed by atoms with E-state index >= 15 is 0 Å². The lowest BCUT2D eigenvalue weighted by Gasteiger charge is -2.19. The quantitative estimate of drug-likeness (QED) is 0.912. The lowest BCUT2D eigenvalue weighted by atomic mass is 10.1. The molecule has 0 bridgehead atoms. The molecule has 0 radical (unpaired) electrons. The van der Waals surface area contributed by atoms with E-state index in [4.69, 9.17) is 4.42 Å². The maximum Gasteiger partial charge on any atom is 0.195 e. The van der Waals surface area contributed by atoms with Gasteiger partial charge in [0.2, 0.25) is 0 Å². The van der Waals surface area contributed by atoms with Gasteiger partial charge in [-0.25, -0.2) is 0 Å². The van der Waals surface area contributed by atoms with Gasteiger partial charge in [-0.05, 0) is 32.1 Å². The van der Waals surface area contributed by atoms with Crippen LogP contribution >= 0.6 is 12.4 Å². The summed E-state index contributed by atoms with van der Waals surface area (Å²) >= 11 is 0. The first-order valence-corrected chi connectivity index (χ1v) is 7.52. The van der Waals surface area contributed by atoms with Crippen molar-refractivity contribution in [2.75, 3.05) is 13.1 Å². The van der Waals surface area contributed by atoms with Crippen LogP contribution in [0.15, 0.2) is 21.3 Å². The Morgan fingerprint density at radius 2 is 1.82 bits per heavy atom. The Hall–Kier alpha value is -1.52. The molecule has 0 fully saturated rings. The summed E-state index contributed by atoms with van der Waals surface area (Å²) in [5.41, 5.74) is 1.87. The van der Waals surface area contributed by atoms with Crippen molar-refractivity contribution in [2.45, 2.75) is 40.7 Å². The number of rotatable bonds is 5. The largest absolute Gasteiger partial charge is 0.507 e. The number of aryl methyl sites for hydroxylation is 1. The minimum Gasteiger partial charge on any atom is -0.507 e. The van der Waals surface area contributed by atoms with E-state index in [1.165, 1.54) is 0 Å². The molecule has 2 aromatic rings. The molecule has 0 aliphatic carbocycles. The van der Waals surface area contributed by atoms with Crippen molar-refractivity contribution in [3.63, 3.8) is 0 Å². The molecule has 5 heteroatoms. The van der Waals surface area contributed by atoms with Crippen LogP contribution in [0, 0.1) is 6.92 Å². The summed E-state index contributed by atoms with van der Waals surface area (Å²) < 4.78 is 5.94. The van der Waals surface area contributed by atoms with Gasteiger partial charge in [0, 0.05) is 18.5 Å². The van der Waals surface area contributed by atoms with E-state index in [0.29, 0.717) is 40.8 Å². The SMILES string of the molecule is CCc1oc2c(CN(CC)CC)c(O)ccc2c(=O)c1C.Cl. The standard InChI is InChI=1S/C17H23NO3.ClH/c1-5-15-11(4)16(20)12-8-9-14(19)13(17(12)21-15)10-18(6-2)7-3;/h8-9,19H,5-7,10H2,1-4H3;1H. The molecule has 0 saturated heterocycles. The molecule has 0 aliphatic rings. The number of hydrogen-bond donors (Lipinski definition) is 1. The van der Waals surface area contributed by atoms with E-state index in [-0.39, 0.29) is 23.6 Å². The first-order valence-electron chi connectivity index (χ1n) is 7.52. The molecule has 22 heavy (non-hydrogen) atoms. The third-order valence-corrected chi connectivity index (χ3v) is 4.06. The number of hydrogen-bond acceptors (Lipinski definition) is 4. The molecule has 2 rings (SSSR count). The maximum atomic E-state index is 12.4. The number of phenols is 1.